The van der Waals surface area contributed by atoms with Crippen LogP contribution in [0.5, 0.6) is 5.75 Å². The maximum atomic E-state index is 12.7. The number of anilines is 1. The summed E-state index contributed by atoms with van der Waals surface area (Å²) in [6.45, 7) is 0. The van der Waals surface area contributed by atoms with E-state index in [0.717, 1.165) is 5.01 Å². The number of carbonyl (C=O) groups is 3. The van der Waals surface area contributed by atoms with Gasteiger partial charge in [0.25, 0.3) is 11.8 Å². The normalized spacial score (nSPS) is 14.9. The van der Waals surface area contributed by atoms with Crippen LogP contribution in [0.15, 0.2) is 71.6 Å². The van der Waals surface area contributed by atoms with Crippen LogP contribution in [0.3, 0.4) is 0 Å². The number of amides is 2. The molecule has 1 fully saturated rings. The lowest BCUT2D eigenvalue weighted by Crippen LogP contribution is -2.35. The summed E-state index contributed by atoms with van der Waals surface area (Å²) in [4.78, 5) is 37.6. The minimum absolute atomic E-state index is 0.0355. The van der Waals surface area contributed by atoms with Crippen molar-refractivity contribution in [3.05, 3.63) is 87.1 Å². The Hall–Kier alpha value is -3.42. The number of halogens is 1. The first-order chi connectivity index (χ1) is 14.0. The monoisotopic (exact) mass is 424 g/mol. The van der Waals surface area contributed by atoms with Crippen LogP contribution < -0.4 is 15.2 Å². The molecule has 0 radical (unpaired) electrons. The van der Waals surface area contributed by atoms with Gasteiger partial charge in [0.1, 0.15) is 16.2 Å². The van der Waals surface area contributed by atoms with Crippen molar-refractivity contribution in [2.75, 3.05) is 5.01 Å². The van der Waals surface area contributed by atoms with Crippen molar-refractivity contribution in [3.63, 3.8) is 0 Å². The number of hydrogen-bond donors (Lipinski definition) is 1. The molecule has 0 saturated carbocycles. The van der Waals surface area contributed by atoms with E-state index < -0.39 is 17.8 Å². The molecule has 1 aliphatic heterocycles. The molecule has 6 nitrogen and oxygen atoms in total. The summed E-state index contributed by atoms with van der Waals surface area (Å²) >= 11 is 7.24. The Morgan fingerprint density at radius 2 is 1.90 bits per heavy atom. The third-order valence-corrected chi connectivity index (χ3v) is 5.14. The van der Waals surface area contributed by atoms with Crippen molar-refractivity contribution >= 4 is 52.5 Å². The standard InChI is InChI=1S/C21H13ClN2O4S/c22-14-5-2-6-15(12-14)24-20(26)17(19(25)23-24)11-13-4-1-7-16(10-13)28-21(27)18-8-3-9-29-18/h1-12H,(H,23,25). The summed E-state index contributed by atoms with van der Waals surface area (Å²) in [6.07, 6.45) is 1.45. The van der Waals surface area contributed by atoms with Crippen LogP contribution in [0.1, 0.15) is 15.2 Å². The van der Waals surface area contributed by atoms with E-state index in [-0.39, 0.29) is 5.57 Å². The summed E-state index contributed by atoms with van der Waals surface area (Å²) < 4.78 is 5.35. The third-order valence-electron chi connectivity index (χ3n) is 4.06. The number of nitrogens with one attached hydrogen (secondary N) is 1. The Bertz CT molecular complexity index is 1140. The minimum atomic E-state index is -0.532. The van der Waals surface area contributed by atoms with Gasteiger partial charge in [-0.3, -0.25) is 15.0 Å². The second-order valence-corrected chi connectivity index (χ2v) is 7.44. The number of thiophene rings is 1. The molecule has 0 aliphatic carbocycles. The van der Waals surface area contributed by atoms with E-state index in [2.05, 4.69) is 5.43 Å². The van der Waals surface area contributed by atoms with Crippen molar-refractivity contribution in [2.24, 2.45) is 0 Å². The summed E-state index contributed by atoms with van der Waals surface area (Å²) in [5.74, 6) is -1.18. The second-order valence-electron chi connectivity index (χ2n) is 6.06. The molecule has 0 spiro atoms. The van der Waals surface area contributed by atoms with Gasteiger partial charge in [-0.05, 0) is 53.4 Å². The van der Waals surface area contributed by atoms with Crippen molar-refractivity contribution < 1.29 is 19.1 Å². The smallest absolute Gasteiger partial charge is 0.353 e. The lowest BCUT2D eigenvalue weighted by Gasteiger charge is -2.14. The molecule has 3 aromatic rings. The van der Waals surface area contributed by atoms with Crippen LogP contribution in [-0.4, -0.2) is 17.8 Å². The fraction of sp³-hybridized carbons (Fsp3) is 0. The zero-order chi connectivity index (χ0) is 20.4. The molecule has 2 aromatic carbocycles. The first kappa shape index (κ1) is 18.9. The Labute approximate surface area is 174 Å². The molecule has 1 aromatic heterocycles. The number of hydrazine groups is 1. The van der Waals surface area contributed by atoms with E-state index in [0.29, 0.717) is 26.9 Å². The van der Waals surface area contributed by atoms with Crippen molar-refractivity contribution in [1.82, 2.24) is 5.43 Å². The van der Waals surface area contributed by atoms with Gasteiger partial charge in [-0.2, -0.15) is 0 Å². The van der Waals surface area contributed by atoms with Crippen molar-refractivity contribution in [2.45, 2.75) is 0 Å². The summed E-state index contributed by atoms with van der Waals surface area (Å²) in [5, 5.41) is 3.37. The van der Waals surface area contributed by atoms with Gasteiger partial charge in [-0.25, -0.2) is 9.80 Å². The molecule has 1 aliphatic rings. The van der Waals surface area contributed by atoms with Gasteiger partial charge in [0.05, 0.1) is 5.69 Å². The first-order valence-electron chi connectivity index (χ1n) is 8.50. The number of carbonyl (C=O) groups excluding carboxylic acids is 3. The van der Waals surface area contributed by atoms with Gasteiger partial charge in [0.2, 0.25) is 0 Å². The predicted molar refractivity (Wildman–Crippen MR) is 111 cm³/mol. The molecule has 144 valence electrons. The first-order valence-corrected chi connectivity index (χ1v) is 9.75. The predicted octanol–water partition coefficient (Wildman–Crippen LogP) is 4.08. The molecule has 0 unspecified atom stereocenters. The number of hydrogen-bond acceptors (Lipinski definition) is 5. The lowest BCUT2D eigenvalue weighted by atomic mass is 10.1. The largest absolute Gasteiger partial charge is 0.422 e. The average molecular weight is 425 g/mol. The number of benzene rings is 2. The maximum Gasteiger partial charge on any atom is 0.353 e. The van der Waals surface area contributed by atoms with Gasteiger partial charge >= 0.3 is 5.97 Å². The van der Waals surface area contributed by atoms with E-state index in [1.54, 1.807) is 66.0 Å². The minimum Gasteiger partial charge on any atom is -0.422 e. The number of esters is 1. The Kier molecular flexibility index (Phi) is 5.16. The van der Waals surface area contributed by atoms with E-state index in [4.69, 9.17) is 16.3 Å². The Morgan fingerprint density at radius 3 is 2.66 bits per heavy atom. The molecule has 0 atom stereocenters. The topological polar surface area (TPSA) is 75.7 Å². The van der Waals surface area contributed by atoms with E-state index >= 15 is 0 Å². The van der Waals surface area contributed by atoms with Crippen LogP contribution in [0.4, 0.5) is 5.69 Å². The molecule has 1 saturated heterocycles. The summed E-state index contributed by atoms with van der Waals surface area (Å²) in [7, 11) is 0. The molecule has 1 N–H and O–H groups in total. The average Bonchev–Trinajstić information content (AvgIpc) is 3.33. The maximum absolute atomic E-state index is 12.7. The summed E-state index contributed by atoms with van der Waals surface area (Å²) in [5.41, 5.74) is 3.49. The number of nitrogens with zero attached hydrogens (tertiary/aromatic N) is 1. The molecular formula is C21H13ClN2O4S. The Balaban J connectivity index is 1.57. The molecule has 0 bridgehead atoms. The fourth-order valence-electron chi connectivity index (χ4n) is 2.74. The fourth-order valence-corrected chi connectivity index (χ4v) is 3.52. The highest BCUT2D eigenvalue weighted by molar-refractivity contribution is 7.12. The van der Waals surface area contributed by atoms with E-state index in [1.165, 1.54) is 17.4 Å². The zero-order valence-corrected chi connectivity index (χ0v) is 16.4. The SMILES string of the molecule is O=C1NN(c2cccc(Cl)c2)C(=O)C1=Cc1cccc(OC(=O)c2cccs2)c1. The van der Waals surface area contributed by atoms with Crippen molar-refractivity contribution in [1.29, 1.82) is 0 Å². The lowest BCUT2D eigenvalue weighted by molar-refractivity contribution is -0.117. The van der Waals surface area contributed by atoms with E-state index in [9.17, 15) is 14.4 Å². The van der Waals surface area contributed by atoms with E-state index in [1.807, 2.05) is 0 Å². The molecule has 29 heavy (non-hydrogen) atoms. The van der Waals surface area contributed by atoms with Crippen molar-refractivity contribution in [3.8, 4) is 5.75 Å². The highest BCUT2D eigenvalue weighted by atomic mass is 35.5. The molecule has 2 amide bonds. The zero-order valence-electron chi connectivity index (χ0n) is 14.8. The molecular weight excluding hydrogens is 412 g/mol. The Morgan fingerprint density at radius 1 is 1.07 bits per heavy atom. The van der Waals surface area contributed by atoms with Crippen LogP contribution in [0.25, 0.3) is 6.08 Å². The quantitative estimate of drug-likeness (QED) is 0.296. The van der Waals surface area contributed by atoms with Gasteiger partial charge in [-0.15, -0.1) is 11.3 Å². The third kappa shape index (κ3) is 4.06. The highest BCUT2D eigenvalue weighted by Crippen LogP contribution is 2.25. The number of ether oxygens (including phenoxy) is 1. The number of rotatable bonds is 4. The van der Waals surface area contributed by atoms with Crippen LogP contribution >= 0.6 is 22.9 Å². The van der Waals surface area contributed by atoms with Gasteiger partial charge in [0.15, 0.2) is 0 Å². The molecule has 2 heterocycles. The second kappa shape index (κ2) is 7.90. The van der Waals surface area contributed by atoms with Crippen LogP contribution in [0, 0.1) is 0 Å². The highest BCUT2D eigenvalue weighted by Gasteiger charge is 2.34. The molecule has 8 heteroatoms. The van der Waals surface area contributed by atoms with Gasteiger partial charge in [0, 0.05) is 5.02 Å². The van der Waals surface area contributed by atoms with Gasteiger partial charge < -0.3 is 4.74 Å². The van der Waals surface area contributed by atoms with Gasteiger partial charge in [-0.1, -0.05) is 35.9 Å². The van der Waals surface area contributed by atoms with Crippen LogP contribution in [-0.2, 0) is 9.59 Å². The molecule has 4 rings (SSSR count). The summed E-state index contributed by atoms with van der Waals surface area (Å²) in [6, 6.07) is 16.6. The van der Waals surface area contributed by atoms with Crippen LogP contribution in [0.2, 0.25) is 5.02 Å².